The smallest absolute Gasteiger partial charge is 0.258 e. The lowest BCUT2D eigenvalue weighted by atomic mass is 10.2. The van der Waals surface area contributed by atoms with Gasteiger partial charge in [0.05, 0.1) is 18.1 Å². The number of benzene rings is 1. The predicted molar refractivity (Wildman–Crippen MR) is 97.6 cm³/mol. The third-order valence-corrected chi connectivity index (χ3v) is 5.46. The number of nitrogens with zero attached hydrogens (tertiary/aromatic N) is 4. The maximum Gasteiger partial charge on any atom is 0.258 e. The molecule has 0 atom stereocenters. The van der Waals surface area contributed by atoms with Gasteiger partial charge in [-0.15, -0.1) is 0 Å². The summed E-state index contributed by atoms with van der Waals surface area (Å²) in [7, 11) is -3.64. The van der Waals surface area contributed by atoms with Gasteiger partial charge in [0.1, 0.15) is 5.65 Å². The normalized spacial score (nSPS) is 11.8. The Morgan fingerprint density at radius 1 is 1.00 bits per heavy atom. The van der Waals surface area contributed by atoms with Gasteiger partial charge in [-0.1, -0.05) is 24.3 Å². The van der Waals surface area contributed by atoms with E-state index in [0.29, 0.717) is 12.1 Å². The number of imidazole rings is 1. The number of hydrogen-bond donors (Lipinski definition) is 1. The fourth-order valence-electron chi connectivity index (χ4n) is 2.72. The quantitative estimate of drug-likeness (QED) is 0.565. The van der Waals surface area contributed by atoms with Gasteiger partial charge in [-0.2, -0.15) is 5.10 Å². The Morgan fingerprint density at radius 2 is 1.81 bits per heavy atom. The highest BCUT2D eigenvalue weighted by Gasteiger charge is 2.18. The van der Waals surface area contributed by atoms with E-state index >= 15 is 0 Å². The van der Waals surface area contributed by atoms with Crippen LogP contribution in [0.3, 0.4) is 0 Å². The van der Waals surface area contributed by atoms with Crippen LogP contribution >= 0.6 is 0 Å². The van der Waals surface area contributed by atoms with Crippen LogP contribution < -0.4 is 4.72 Å². The van der Waals surface area contributed by atoms with Crippen LogP contribution in [-0.4, -0.2) is 34.1 Å². The van der Waals surface area contributed by atoms with Gasteiger partial charge in [0.15, 0.2) is 5.03 Å². The largest absolute Gasteiger partial charge is 0.289 e. The van der Waals surface area contributed by atoms with E-state index in [0.717, 1.165) is 11.3 Å². The zero-order valence-corrected chi connectivity index (χ0v) is 14.7. The van der Waals surface area contributed by atoms with Crippen molar-refractivity contribution in [2.24, 2.45) is 0 Å². The SMILES string of the molecule is O=S(=O)(NCCc1cnn(-c2ccccc2)c1)c1cnc2ccccn12. The van der Waals surface area contributed by atoms with Gasteiger partial charge < -0.3 is 0 Å². The second-order valence-electron chi connectivity index (χ2n) is 5.80. The number of nitrogens with one attached hydrogen (secondary N) is 1. The molecule has 0 amide bonds. The van der Waals surface area contributed by atoms with Crippen LogP contribution in [-0.2, 0) is 16.4 Å². The van der Waals surface area contributed by atoms with Crippen molar-refractivity contribution in [3.8, 4) is 5.69 Å². The van der Waals surface area contributed by atoms with Gasteiger partial charge in [0, 0.05) is 18.9 Å². The first kappa shape index (κ1) is 16.5. The van der Waals surface area contributed by atoms with E-state index in [4.69, 9.17) is 0 Å². The number of rotatable bonds is 6. The van der Waals surface area contributed by atoms with E-state index in [9.17, 15) is 8.42 Å². The standard InChI is InChI=1S/C18H17N5O2S/c24-26(25,18-13-19-17-8-4-5-11-22(17)18)21-10-9-15-12-20-23(14-15)16-6-2-1-3-7-16/h1-8,11-14,21H,9-10H2. The average Bonchev–Trinajstić information content (AvgIpc) is 3.29. The molecule has 4 rings (SSSR count). The molecule has 0 aliphatic rings. The van der Waals surface area contributed by atoms with Gasteiger partial charge in [-0.05, 0) is 36.2 Å². The summed E-state index contributed by atoms with van der Waals surface area (Å²) in [6.45, 7) is 0.281. The van der Waals surface area contributed by atoms with E-state index in [1.807, 2.05) is 42.6 Å². The summed E-state index contributed by atoms with van der Waals surface area (Å²) in [6.07, 6.45) is 7.24. The molecule has 132 valence electrons. The summed E-state index contributed by atoms with van der Waals surface area (Å²) in [5.41, 5.74) is 2.51. The Bertz CT molecular complexity index is 1130. The topological polar surface area (TPSA) is 81.3 Å². The predicted octanol–water partition coefficient (Wildman–Crippen LogP) is 2.04. The molecule has 3 heterocycles. The molecule has 0 aliphatic heterocycles. The summed E-state index contributed by atoms with van der Waals surface area (Å²) in [5, 5.41) is 4.45. The highest BCUT2D eigenvalue weighted by molar-refractivity contribution is 7.89. The number of hydrogen-bond acceptors (Lipinski definition) is 4. The van der Waals surface area contributed by atoms with E-state index in [1.165, 1.54) is 6.20 Å². The van der Waals surface area contributed by atoms with Crippen molar-refractivity contribution in [3.05, 3.63) is 78.9 Å². The maximum absolute atomic E-state index is 12.5. The van der Waals surface area contributed by atoms with Crippen molar-refractivity contribution < 1.29 is 8.42 Å². The summed E-state index contributed by atoms with van der Waals surface area (Å²) < 4.78 is 31.0. The lowest BCUT2D eigenvalue weighted by Crippen LogP contribution is -2.27. The molecule has 0 saturated heterocycles. The highest BCUT2D eigenvalue weighted by atomic mass is 32.2. The van der Waals surface area contributed by atoms with Crippen molar-refractivity contribution in [1.29, 1.82) is 0 Å². The number of para-hydroxylation sites is 1. The Labute approximate surface area is 151 Å². The molecule has 0 saturated carbocycles. The van der Waals surface area contributed by atoms with E-state index in [2.05, 4.69) is 14.8 Å². The van der Waals surface area contributed by atoms with Gasteiger partial charge >= 0.3 is 0 Å². The van der Waals surface area contributed by atoms with Crippen molar-refractivity contribution >= 4 is 15.7 Å². The van der Waals surface area contributed by atoms with Crippen molar-refractivity contribution in [2.45, 2.75) is 11.4 Å². The molecule has 4 aromatic rings. The molecule has 0 radical (unpaired) electrons. The summed E-state index contributed by atoms with van der Waals surface area (Å²) in [5.74, 6) is 0. The minimum Gasteiger partial charge on any atom is -0.289 e. The number of aromatic nitrogens is 4. The molecular formula is C18H17N5O2S. The molecule has 0 unspecified atom stereocenters. The molecule has 1 N–H and O–H groups in total. The third kappa shape index (κ3) is 3.24. The Morgan fingerprint density at radius 3 is 2.65 bits per heavy atom. The second kappa shape index (κ2) is 6.74. The van der Waals surface area contributed by atoms with Gasteiger partial charge in [0.25, 0.3) is 10.0 Å². The highest BCUT2D eigenvalue weighted by Crippen LogP contribution is 2.12. The fraction of sp³-hybridized carbons (Fsp3) is 0.111. The van der Waals surface area contributed by atoms with E-state index in [1.54, 1.807) is 33.6 Å². The second-order valence-corrected chi connectivity index (χ2v) is 7.52. The molecule has 0 bridgehead atoms. The summed E-state index contributed by atoms with van der Waals surface area (Å²) >= 11 is 0. The fourth-order valence-corrected chi connectivity index (χ4v) is 3.85. The van der Waals surface area contributed by atoms with E-state index < -0.39 is 10.0 Å². The van der Waals surface area contributed by atoms with Crippen molar-refractivity contribution in [2.75, 3.05) is 6.54 Å². The monoisotopic (exact) mass is 367 g/mol. The molecule has 0 aliphatic carbocycles. The molecule has 0 fully saturated rings. The molecule has 1 aromatic carbocycles. The Kier molecular flexibility index (Phi) is 4.27. The van der Waals surface area contributed by atoms with Crippen molar-refractivity contribution in [3.63, 3.8) is 0 Å². The van der Waals surface area contributed by atoms with Crippen LogP contribution in [0.2, 0.25) is 0 Å². The number of fused-ring (bicyclic) bond motifs is 1. The zero-order valence-electron chi connectivity index (χ0n) is 13.9. The van der Waals surface area contributed by atoms with Crippen LogP contribution in [0.5, 0.6) is 0 Å². The van der Waals surface area contributed by atoms with Crippen LogP contribution in [0.1, 0.15) is 5.56 Å². The third-order valence-electron chi connectivity index (χ3n) is 4.02. The van der Waals surface area contributed by atoms with Crippen molar-refractivity contribution in [1.82, 2.24) is 23.9 Å². The molecule has 7 nitrogen and oxygen atoms in total. The Balaban J connectivity index is 1.44. The van der Waals surface area contributed by atoms with Crippen LogP contribution in [0.4, 0.5) is 0 Å². The molecular weight excluding hydrogens is 350 g/mol. The van der Waals surface area contributed by atoms with Gasteiger partial charge in [0.2, 0.25) is 0 Å². The minimum absolute atomic E-state index is 0.132. The number of sulfonamides is 1. The first-order valence-corrected chi connectivity index (χ1v) is 9.62. The Hall–Kier alpha value is -2.97. The lowest BCUT2D eigenvalue weighted by Gasteiger charge is -2.05. The van der Waals surface area contributed by atoms with Gasteiger partial charge in [-0.25, -0.2) is 22.8 Å². The lowest BCUT2D eigenvalue weighted by molar-refractivity contribution is 0.576. The molecule has 26 heavy (non-hydrogen) atoms. The minimum atomic E-state index is -3.64. The maximum atomic E-state index is 12.5. The first-order valence-electron chi connectivity index (χ1n) is 8.14. The number of pyridine rings is 1. The molecule has 0 spiro atoms. The zero-order chi connectivity index (χ0) is 18.0. The first-order chi connectivity index (χ1) is 12.6. The van der Waals surface area contributed by atoms with Crippen LogP contribution in [0, 0.1) is 0 Å². The summed E-state index contributed by atoms with van der Waals surface area (Å²) in [6, 6.07) is 15.1. The summed E-state index contributed by atoms with van der Waals surface area (Å²) in [4.78, 5) is 4.12. The van der Waals surface area contributed by atoms with E-state index in [-0.39, 0.29) is 11.6 Å². The molecule has 8 heteroatoms. The van der Waals surface area contributed by atoms with Crippen LogP contribution in [0.15, 0.2) is 78.3 Å². The molecule has 3 aromatic heterocycles. The van der Waals surface area contributed by atoms with Gasteiger partial charge in [-0.3, -0.25) is 4.40 Å². The van der Waals surface area contributed by atoms with Crippen LogP contribution in [0.25, 0.3) is 11.3 Å². The average molecular weight is 367 g/mol.